The largest absolute Gasteiger partial charge is 0.348 e. The van der Waals surface area contributed by atoms with Crippen molar-refractivity contribution < 1.29 is 14.4 Å². The Balaban J connectivity index is 1.68. The number of nitrogens with one attached hydrogen (secondary N) is 2. The fraction of sp³-hybridized carbons (Fsp3) is 0.375. The third-order valence-electron chi connectivity index (χ3n) is 5.91. The summed E-state index contributed by atoms with van der Waals surface area (Å²) in [5.74, 6) is -0.870. The first-order valence-corrected chi connectivity index (χ1v) is 12.5. The van der Waals surface area contributed by atoms with Gasteiger partial charge in [-0.1, -0.05) is 30.0 Å². The molecule has 3 amide bonds. The van der Waals surface area contributed by atoms with E-state index in [2.05, 4.69) is 17.2 Å². The normalized spacial score (nSPS) is 19.7. The van der Waals surface area contributed by atoms with Crippen LogP contribution < -0.4 is 15.5 Å². The van der Waals surface area contributed by atoms with E-state index in [1.54, 1.807) is 17.9 Å². The molecule has 4 rings (SSSR count). The van der Waals surface area contributed by atoms with Crippen LogP contribution in [0.5, 0.6) is 0 Å². The van der Waals surface area contributed by atoms with Gasteiger partial charge in [-0.25, -0.2) is 0 Å². The highest BCUT2D eigenvalue weighted by Gasteiger charge is 2.49. The fourth-order valence-corrected chi connectivity index (χ4v) is 6.72. The molecule has 2 heterocycles. The number of thiophene rings is 1. The lowest BCUT2D eigenvalue weighted by Gasteiger charge is -2.38. The maximum absolute atomic E-state index is 13.6. The minimum absolute atomic E-state index is 0.215. The van der Waals surface area contributed by atoms with Crippen molar-refractivity contribution in [3.63, 3.8) is 0 Å². The number of hydrogen-bond donors (Lipinski definition) is 2. The van der Waals surface area contributed by atoms with Gasteiger partial charge in [-0.15, -0.1) is 17.9 Å². The highest BCUT2D eigenvalue weighted by Crippen LogP contribution is 2.46. The number of carbonyl (C=O) groups is 3. The van der Waals surface area contributed by atoms with Crippen LogP contribution in [0.15, 0.2) is 41.8 Å². The molecule has 2 aliphatic rings. The van der Waals surface area contributed by atoms with E-state index in [1.165, 1.54) is 23.1 Å². The lowest BCUT2D eigenvalue weighted by molar-refractivity contribution is -0.128. The van der Waals surface area contributed by atoms with E-state index in [-0.39, 0.29) is 11.8 Å². The number of nitrogens with zero attached hydrogens (tertiary/aromatic N) is 1. The Labute approximate surface area is 196 Å². The molecular formula is C24H27N3O3S2. The molecule has 1 aromatic heterocycles. The monoisotopic (exact) mass is 469 g/mol. The van der Waals surface area contributed by atoms with Gasteiger partial charge in [0, 0.05) is 22.9 Å². The van der Waals surface area contributed by atoms with Gasteiger partial charge < -0.3 is 15.5 Å². The van der Waals surface area contributed by atoms with E-state index in [1.807, 2.05) is 31.2 Å². The third-order valence-corrected chi connectivity index (χ3v) is 8.45. The number of carbonyl (C=O) groups excluding carboxylic acids is 3. The molecule has 1 aliphatic heterocycles. The van der Waals surface area contributed by atoms with Crippen molar-refractivity contribution in [2.75, 3.05) is 23.3 Å². The van der Waals surface area contributed by atoms with Crippen molar-refractivity contribution in [2.45, 2.75) is 49.2 Å². The zero-order valence-corrected chi connectivity index (χ0v) is 20.0. The molecule has 2 N–H and O–H groups in total. The zero-order valence-electron chi connectivity index (χ0n) is 18.3. The van der Waals surface area contributed by atoms with Crippen LogP contribution in [-0.2, 0) is 22.4 Å². The molecule has 2 aromatic rings. The van der Waals surface area contributed by atoms with Gasteiger partial charge >= 0.3 is 0 Å². The number of aryl methyl sites for hydroxylation is 1. The summed E-state index contributed by atoms with van der Waals surface area (Å²) < 4.78 is -1.33. The molecule has 8 heteroatoms. The third kappa shape index (κ3) is 3.86. The number of fused-ring (bicyclic) bond motifs is 2. The molecule has 0 saturated carbocycles. The second-order valence-corrected chi connectivity index (χ2v) is 10.6. The van der Waals surface area contributed by atoms with Crippen LogP contribution >= 0.6 is 23.1 Å². The Bertz CT molecular complexity index is 1090. The number of para-hydroxylation sites is 1. The molecule has 6 nitrogen and oxygen atoms in total. The second-order valence-electron chi connectivity index (χ2n) is 8.02. The van der Waals surface area contributed by atoms with Gasteiger partial charge in [-0.3, -0.25) is 14.4 Å². The highest BCUT2D eigenvalue weighted by atomic mass is 32.2. The van der Waals surface area contributed by atoms with E-state index in [9.17, 15) is 14.4 Å². The number of thioether (sulfide) groups is 1. The van der Waals surface area contributed by atoms with Gasteiger partial charge in [0.2, 0.25) is 0 Å². The van der Waals surface area contributed by atoms with E-state index in [0.29, 0.717) is 23.7 Å². The van der Waals surface area contributed by atoms with Gasteiger partial charge in [-0.2, -0.15) is 0 Å². The van der Waals surface area contributed by atoms with Gasteiger partial charge in [0.25, 0.3) is 17.7 Å². The van der Waals surface area contributed by atoms with Crippen molar-refractivity contribution in [3.05, 3.63) is 52.9 Å². The van der Waals surface area contributed by atoms with Gasteiger partial charge in [0.1, 0.15) is 5.00 Å². The first-order valence-electron chi connectivity index (χ1n) is 10.9. The summed E-state index contributed by atoms with van der Waals surface area (Å²) in [4.78, 5) is 43.6. The summed E-state index contributed by atoms with van der Waals surface area (Å²) >= 11 is 2.72. The van der Waals surface area contributed by atoms with Crippen molar-refractivity contribution in [3.8, 4) is 0 Å². The zero-order chi connectivity index (χ0) is 22.9. The first kappa shape index (κ1) is 22.6. The molecular weight excluding hydrogens is 442 g/mol. The Hall–Kier alpha value is -2.58. The molecule has 168 valence electrons. The molecule has 0 bridgehead atoms. The predicted octanol–water partition coefficient (Wildman–Crippen LogP) is 4.40. The summed E-state index contributed by atoms with van der Waals surface area (Å²) in [6.45, 7) is 8.05. The predicted molar refractivity (Wildman–Crippen MR) is 131 cm³/mol. The lowest BCUT2D eigenvalue weighted by Crippen LogP contribution is -2.54. The minimum atomic E-state index is -1.33. The Morgan fingerprint density at radius 3 is 2.75 bits per heavy atom. The first-order chi connectivity index (χ1) is 15.4. The van der Waals surface area contributed by atoms with Crippen LogP contribution in [0.2, 0.25) is 0 Å². The standard InChI is InChI=1S/C24H27N3O3S2/c1-4-14-25-20(28)19-15-10-6-8-12-17(15)31-21(19)26-22(29)24(3)23(30)27(5-2)16-11-7-9-13-18(16)32-24/h4,7,9,11,13H,1,5-6,8,10,12,14H2,2-3H3,(H,25,28)(H,26,29). The molecule has 0 spiro atoms. The van der Waals surface area contributed by atoms with Gasteiger partial charge in [-0.05, 0) is 57.2 Å². The van der Waals surface area contributed by atoms with Crippen LogP contribution in [0.4, 0.5) is 10.7 Å². The average Bonchev–Trinajstić information content (AvgIpc) is 3.16. The number of anilines is 2. The fourth-order valence-electron chi connectivity index (χ4n) is 4.22. The highest BCUT2D eigenvalue weighted by molar-refractivity contribution is 8.02. The quantitative estimate of drug-likeness (QED) is 0.486. The van der Waals surface area contributed by atoms with E-state index >= 15 is 0 Å². The Kier molecular flexibility index (Phi) is 6.44. The number of rotatable bonds is 6. The van der Waals surface area contributed by atoms with Crippen LogP contribution in [0, 0.1) is 0 Å². The topological polar surface area (TPSA) is 78.5 Å². The summed E-state index contributed by atoms with van der Waals surface area (Å²) in [7, 11) is 0. The van der Waals surface area contributed by atoms with E-state index < -0.39 is 10.7 Å². The summed E-state index contributed by atoms with van der Waals surface area (Å²) in [5.41, 5.74) is 2.38. The molecule has 32 heavy (non-hydrogen) atoms. The van der Waals surface area contributed by atoms with Crippen molar-refractivity contribution in [2.24, 2.45) is 0 Å². The second kappa shape index (κ2) is 9.11. The van der Waals surface area contributed by atoms with Crippen LogP contribution in [-0.4, -0.2) is 35.6 Å². The summed E-state index contributed by atoms with van der Waals surface area (Å²) in [6, 6.07) is 7.63. The molecule has 0 radical (unpaired) electrons. The van der Waals surface area contributed by atoms with E-state index in [0.717, 1.165) is 46.7 Å². The molecule has 0 saturated heterocycles. The van der Waals surface area contributed by atoms with Crippen LogP contribution in [0.25, 0.3) is 0 Å². The van der Waals surface area contributed by atoms with Gasteiger partial charge in [0.15, 0.2) is 4.75 Å². The smallest absolute Gasteiger partial charge is 0.254 e. The SMILES string of the molecule is C=CCNC(=O)c1c(NC(=O)C2(C)Sc3ccccc3N(CC)C2=O)sc2c1CCCC2. The number of benzene rings is 1. The van der Waals surface area contributed by atoms with Crippen molar-refractivity contribution >= 4 is 51.5 Å². The number of hydrogen-bond acceptors (Lipinski definition) is 5. The Morgan fingerprint density at radius 1 is 1.25 bits per heavy atom. The summed E-state index contributed by atoms with van der Waals surface area (Å²) in [5, 5.41) is 6.34. The van der Waals surface area contributed by atoms with Crippen LogP contribution in [0.1, 0.15) is 47.5 Å². The molecule has 1 unspecified atom stereocenters. The van der Waals surface area contributed by atoms with Crippen molar-refractivity contribution in [1.29, 1.82) is 0 Å². The maximum atomic E-state index is 13.6. The van der Waals surface area contributed by atoms with E-state index in [4.69, 9.17) is 0 Å². The molecule has 0 fully saturated rings. The average molecular weight is 470 g/mol. The van der Waals surface area contributed by atoms with Crippen LogP contribution in [0.3, 0.4) is 0 Å². The Morgan fingerprint density at radius 2 is 2.00 bits per heavy atom. The summed E-state index contributed by atoms with van der Waals surface area (Å²) in [6.07, 6.45) is 5.44. The lowest BCUT2D eigenvalue weighted by atomic mass is 9.95. The molecule has 1 aromatic carbocycles. The molecule has 1 atom stereocenters. The molecule has 1 aliphatic carbocycles. The van der Waals surface area contributed by atoms with Gasteiger partial charge in [0.05, 0.1) is 11.3 Å². The minimum Gasteiger partial charge on any atom is -0.348 e. The number of amides is 3. The van der Waals surface area contributed by atoms with Crippen molar-refractivity contribution in [1.82, 2.24) is 5.32 Å². The maximum Gasteiger partial charge on any atom is 0.254 e.